The topological polar surface area (TPSA) is 89.1 Å². The minimum Gasteiger partial charge on any atom is -0.367 e. The molecule has 0 spiro atoms. The molecule has 3 aromatic heterocycles. The summed E-state index contributed by atoms with van der Waals surface area (Å²) in [5.74, 6) is 0.784. The summed E-state index contributed by atoms with van der Waals surface area (Å²) in [6, 6.07) is 2.10. The number of imidazole rings is 1. The van der Waals surface area contributed by atoms with Gasteiger partial charge in [0.2, 0.25) is 0 Å². The number of hydrogen-bond donors (Lipinski definition) is 2. The molecule has 3 aromatic rings. The molecule has 0 radical (unpaired) electrons. The highest BCUT2D eigenvalue weighted by Gasteiger charge is 2.24. The molecule has 2 N–H and O–H groups in total. The minimum atomic E-state index is 0.668. The highest BCUT2D eigenvalue weighted by atomic mass is 15.3. The van der Waals surface area contributed by atoms with E-state index in [9.17, 15) is 0 Å². The fourth-order valence-electron chi connectivity index (χ4n) is 4.38. The van der Waals surface area contributed by atoms with Gasteiger partial charge in [-0.15, -0.1) is 0 Å². The second kappa shape index (κ2) is 9.61. The van der Waals surface area contributed by atoms with E-state index in [0.717, 1.165) is 72.0 Å². The standard InChI is InChI=1S/C26H30N8/c1-4-10-27-16-18(5-2)19-15-20-23(31-32-25(20)28-17-19)26-29-21-8-6-7-9-22(24(21)30-26)34-13-11-33(3)12-14-34/h4-7,9-10,15-17H,8,11-14H2,1-3H3,(H,29,30)(H,28,31,32)/b10-4+,18-5+,27-16+. The molecule has 174 valence electrons. The lowest BCUT2D eigenvalue weighted by Gasteiger charge is -2.35. The predicted octanol–water partition coefficient (Wildman–Crippen LogP) is 4.06. The van der Waals surface area contributed by atoms with E-state index in [0.29, 0.717) is 5.65 Å². The van der Waals surface area contributed by atoms with Crippen LogP contribution < -0.4 is 0 Å². The van der Waals surface area contributed by atoms with Gasteiger partial charge in [0, 0.05) is 62.5 Å². The van der Waals surface area contributed by atoms with Gasteiger partial charge in [0.1, 0.15) is 11.4 Å². The third-order valence-corrected chi connectivity index (χ3v) is 6.32. The van der Waals surface area contributed by atoms with Crippen molar-refractivity contribution in [3.8, 4) is 11.5 Å². The monoisotopic (exact) mass is 454 g/mol. The molecule has 8 heteroatoms. The van der Waals surface area contributed by atoms with Crippen LogP contribution >= 0.6 is 0 Å². The summed E-state index contributed by atoms with van der Waals surface area (Å²) in [6.07, 6.45) is 16.7. The third kappa shape index (κ3) is 4.24. The molecule has 5 rings (SSSR count). The van der Waals surface area contributed by atoms with E-state index in [1.807, 2.05) is 38.4 Å². The summed E-state index contributed by atoms with van der Waals surface area (Å²) in [7, 11) is 2.17. The molecule has 1 fully saturated rings. The average molecular weight is 455 g/mol. The molecule has 1 saturated heterocycles. The molecule has 2 aliphatic rings. The highest BCUT2D eigenvalue weighted by molar-refractivity contribution is 6.10. The molecule has 0 bridgehead atoms. The number of aromatic nitrogens is 5. The van der Waals surface area contributed by atoms with E-state index in [2.05, 4.69) is 66.3 Å². The fourth-order valence-corrected chi connectivity index (χ4v) is 4.38. The normalized spacial score (nSPS) is 17.7. The van der Waals surface area contributed by atoms with Gasteiger partial charge in [-0.05, 0) is 38.6 Å². The van der Waals surface area contributed by atoms with Gasteiger partial charge in [-0.3, -0.25) is 10.1 Å². The predicted molar refractivity (Wildman–Crippen MR) is 138 cm³/mol. The quantitative estimate of drug-likeness (QED) is 0.568. The molecule has 8 nitrogen and oxygen atoms in total. The molecule has 1 aliphatic carbocycles. The number of aliphatic imine (C=N–C) groups is 1. The van der Waals surface area contributed by atoms with Crippen LogP contribution in [-0.2, 0) is 6.42 Å². The lowest BCUT2D eigenvalue weighted by molar-refractivity contribution is 0.207. The molecule has 0 aromatic carbocycles. The van der Waals surface area contributed by atoms with Crippen LogP contribution in [0.4, 0.5) is 0 Å². The zero-order valence-electron chi connectivity index (χ0n) is 19.9. The van der Waals surface area contributed by atoms with Crippen molar-refractivity contribution in [1.29, 1.82) is 0 Å². The first-order valence-corrected chi connectivity index (χ1v) is 11.7. The first-order chi connectivity index (χ1) is 16.7. The van der Waals surface area contributed by atoms with Crippen molar-refractivity contribution in [2.75, 3.05) is 33.2 Å². The van der Waals surface area contributed by atoms with Gasteiger partial charge in [0.25, 0.3) is 0 Å². The number of nitrogens with one attached hydrogen (secondary N) is 2. The number of H-pyrrole nitrogens is 2. The van der Waals surface area contributed by atoms with Crippen LogP contribution in [0.2, 0.25) is 0 Å². The number of likely N-dealkylation sites (N-methyl/N-ethyl adjacent to an activating group) is 1. The highest BCUT2D eigenvalue weighted by Crippen LogP contribution is 2.31. The lowest BCUT2D eigenvalue weighted by Crippen LogP contribution is -2.43. The molecule has 1 aliphatic heterocycles. The maximum Gasteiger partial charge on any atom is 0.181 e. The summed E-state index contributed by atoms with van der Waals surface area (Å²) < 4.78 is 0. The van der Waals surface area contributed by atoms with Gasteiger partial charge in [0.05, 0.1) is 11.1 Å². The van der Waals surface area contributed by atoms with Gasteiger partial charge in [-0.25, -0.2) is 9.97 Å². The van der Waals surface area contributed by atoms with Crippen LogP contribution in [0.15, 0.2) is 53.8 Å². The smallest absolute Gasteiger partial charge is 0.181 e. The molecule has 0 unspecified atom stereocenters. The summed E-state index contributed by atoms with van der Waals surface area (Å²) in [4.78, 5) is 22.3. The van der Waals surface area contributed by atoms with Gasteiger partial charge in [-0.1, -0.05) is 24.3 Å². The largest absolute Gasteiger partial charge is 0.367 e. The van der Waals surface area contributed by atoms with Crippen LogP contribution in [0.1, 0.15) is 30.8 Å². The minimum absolute atomic E-state index is 0.668. The van der Waals surface area contributed by atoms with E-state index in [1.165, 1.54) is 5.70 Å². The van der Waals surface area contributed by atoms with Gasteiger partial charge in [-0.2, -0.15) is 5.10 Å². The van der Waals surface area contributed by atoms with Crippen molar-refractivity contribution in [2.24, 2.45) is 4.99 Å². The molecular weight excluding hydrogens is 424 g/mol. The SMILES string of the molecule is C\C=C(/C=N/C=C/C)c1cnc2n[nH]c(-c3nc4c([nH]3)CC=CC=C4N3CCN(C)CC3)c2c1. The molecular formula is C26H30N8. The summed E-state index contributed by atoms with van der Waals surface area (Å²) in [5, 5.41) is 8.53. The summed E-state index contributed by atoms with van der Waals surface area (Å²) in [6.45, 7) is 8.05. The number of fused-ring (bicyclic) bond motifs is 2. The van der Waals surface area contributed by atoms with Crippen molar-refractivity contribution in [3.05, 3.63) is 65.8 Å². The van der Waals surface area contributed by atoms with Crippen molar-refractivity contribution in [1.82, 2.24) is 34.9 Å². The van der Waals surface area contributed by atoms with E-state index >= 15 is 0 Å². The Hall–Kier alpha value is -3.78. The van der Waals surface area contributed by atoms with Crippen molar-refractivity contribution < 1.29 is 0 Å². The average Bonchev–Trinajstić information content (AvgIpc) is 3.41. The first kappa shape index (κ1) is 22.0. The zero-order valence-corrected chi connectivity index (χ0v) is 19.9. The van der Waals surface area contributed by atoms with Crippen molar-refractivity contribution in [2.45, 2.75) is 20.3 Å². The fraction of sp³-hybridized carbons (Fsp3) is 0.308. The van der Waals surface area contributed by atoms with Crippen LogP contribution in [0.5, 0.6) is 0 Å². The number of piperazine rings is 1. The number of allylic oxidation sites excluding steroid dienone is 6. The van der Waals surface area contributed by atoms with Crippen LogP contribution in [-0.4, -0.2) is 74.4 Å². The van der Waals surface area contributed by atoms with Gasteiger partial charge < -0.3 is 14.8 Å². The van der Waals surface area contributed by atoms with E-state index in [1.54, 1.807) is 6.20 Å². The number of hydrogen-bond acceptors (Lipinski definition) is 6. The molecule has 4 heterocycles. The second-order valence-corrected chi connectivity index (χ2v) is 8.59. The molecule has 0 saturated carbocycles. The van der Waals surface area contributed by atoms with E-state index in [4.69, 9.17) is 4.98 Å². The van der Waals surface area contributed by atoms with Crippen molar-refractivity contribution >= 4 is 28.5 Å². The van der Waals surface area contributed by atoms with E-state index < -0.39 is 0 Å². The maximum atomic E-state index is 5.07. The lowest BCUT2D eigenvalue weighted by atomic mass is 10.1. The molecule has 0 atom stereocenters. The second-order valence-electron chi connectivity index (χ2n) is 8.59. The molecule has 34 heavy (non-hydrogen) atoms. The van der Waals surface area contributed by atoms with Crippen LogP contribution in [0.3, 0.4) is 0 Å². The number of nitrogens with zero attached hydrogens (tertiary/aromatic N) is 6. The van der Waals surface area contributed by atoms with Crippen LogP contribution in [0.25, 0.3) is 33.8 Å². The Morgan fingerprint density at radius 2 is 2.03 bits per heavy atom. The zero-order chi connectivity index (χ0) is 23.5. The maximum absolute atomic E-state index is 5.07. The Balaban J connectivity index is 1.52. The van der Waals surface area contributed by atoms with Crippen molar-refractivity contribution in [3.63, 3.8) is 0 Å². The Labute approximate surface area is 199 Å². The Bertz CT molecular complexity index is 1330. The number of pyridine rings is 1. The van der Waals surface area contributed by atoms with Crippen LogP contribution in [0, 0.1) is 0 Å². The Kier molecular flexibility index (Phi) is 6.22. The Morgan fingerprint density at radius 1 is 1.18 bits per heavy atom. The number of aromatic amines is 2. The molecule has 0 amide bonds. The first-order valence-electron chi connectivity index (χ1n) is 11.7. The summed E-state index contributed by atoms with van der Waals surface area (Å²) >= 11 is 0. The Morgan fingerprint density at radius 3 is 2.82 bits per heavy atom. The van der Waals surface area contributed by atoms with E-state index in [-0.39, 0.29) is 0 Å². The van der Waals surface area contributed by atoms with Gasteiger partial charge >= 0.3 is 0 Å². The number of rotatable bonds is 5. The third-order valence-electron chi connectivity index (χ3n) is 6.32. The summed E-state index contributed by atoms with van der Waals surface area (Å²) in [5.41, 5.74) is 6.82. The van der Waals surface area contributed by atoms with Gasteiger partial charge in [0.15, 0.2) is 11.5 Å².